The zero-order valence-electron chi connectivity index (χ0n) is 9.50. The Hall–Kier alpha value is -1.000. The van der Waals surface area contributed by atoms with Crippen molar-refractivity contribution in [1.29, 1.82) is 0 Å². The highest BCUT2D eigenvalue weighted by Crippen LogP contribution is 2.37. The van der Waals surface area contributed by atoms with Gasteiger partial charge >= 0.3 is 0 Å². The van der Waals surface area contributed by atoms with Gasteiger partial charge in [-0.15, -0.1) is 0 Å². The Kier molecular flexibility index (Phi) is 3.45. The van der Waals surface area contributed by atoms with E-state index in [-0.39, 0.29) is 5.92 Å². The minimum Gasteiger partial charge on any atom is -0.381 e. The second-order valence-corrected chi connectivity index (χ2v) is 5.38. The van der Waals surface area contributed by atoms with E-state index in [1.54, 1.807) is 0 Å². The largest absolute Gasteiger partial charge is 0.381 e. The summed E-state index contributed by atoms with van der Waals surface area (Å²) in [5.74, 6) is 1.39. The van der Waals surface area contributed by atoms with Crippen LogP contribution in [0.3, 0.4) is 0 Å². The zero-order chi connectivity index (χ0) is 12.6. The molecule has 0 unspecified atom stereocenters. The molecule has 0 spiro atoms. The predicted molar refractivity (Wildman–Crippen MR) is 73.2 cm³/mol. The molecule has 0 aliphatic carbocycles. The minimum absolute atomic E-state index is 0.249. The molecule has 2 rings (SSSR count). The maximum absolute atomic E-state index is 5.91. The van der Waals surface area contributed by atoms with Crippen LogP contribution in [0.5, 0.6) is 0 Å². The molecule has 0 bridgehead atoms. The predicted octanol–water partition coefficient (Wildman–Crippen LogP) is 4.46. The van der Waals surface area contributed by atoms with Crippen LogP contribution < -0.4 is 5.73 Å². The molecule has 17 heavy (non-hydrogen) atoms. The number of nitrogen functional groups attached to an aromatic ring is 1. The van der Waals surface area contributed by atoms with Crippen molar-refractivity contribution in [2.45, 2.75) is 19.8 Å². The van der Waals surface area contributed by atoms with Crippen molar-refractivity contribution < 1.29 is 4.52 Å². The molecule has 90 valence electrons. The molecule has 0 amide bonds. The lowest BCUT2D eigenvalue weighted by molar-refractivity contribution is 0.434. The smallest absolute Gasteiger partial charge is 0.173 e. The van der Waals surface area contributed by atoms with Crippen LogP contribution in [0.2, 0.25) is 5.02 Å². The number of nitrogens with zero attached hydrogens (tertiary/aromatic N) is 1. The molecule has 1 aromatic carbocycles. The third-order valence-electron chi connectivity index (χ3n) is 2.51. The van der Waals surface area contributed by atoms with Gasteiger partial charge < -0.3 is 10.3 Å². The second-order valence-electron chi connectivity index (χ2n) is 4.09. The summed E-state index contributed by atoms with van der Waals surface area (Å²) in [4.78, 5) is 0. The molecule has 2 N–H and O–H groups in total. The molecule has 1 aromatic heterocycles. The summed E-state index contributed by atoms with van der Waals surface area (Å²) in [7, 11) is 0. The Morgan fingerprint density at radius 1 is 1.41 bits per heavy atom. The molecule has 0 aliphatic rings. The first-order chi connectivity index (χ1) is 8.00. The van der Waals surface area contributed by atoms with E-state index in [1.165, 1.54) is 0 Å². The van der Waals surface area contributed by atoms with Crippen molar-refractivity contribution >= 4 is 33.3 Å². The summed E-state index contributed by atoms with van der Waals surface area (Å²) in [5, 5.41) is 4.49. The number of halogens is 2. The lowest BCUT2D eigenvalue weighted by Gasteiger charge is -2.07. The topological polar surface area (TPSA) is 52.0 Å². The van der Waals surface area contributed by atoms with Crippen LogP contribution in [0.15, 0.2) is 27.2 Å². The molecule has 0 fully saturated rings. The number of hydrogen-bond donors (Lipinski definition) is 1. The monoisotopic (exact) mass is 314 g/mol. The van der Waals surface area contributed by atoms with E-state index < -0.39 is 0 Å². The molecular formula is C12H12BrClN2O. The Morgan fingerprint density at radius 3 is 2.71 bits per heavy atom. The van der Waals surface area contributed by atoms with Crippen molar-refractivity contribution in [1.82, 2.24) is 5.16 Å². The van der Waals surface area contributed by atoms with E-state index in [2.05, 4.69) is 34.9 Å². The summed E-state index contributed by atoms with van der Waals surface area (Å²) < 4.78 is 6.18. The molecule has 0 saturated heterocycles. The highest BCUT2D eigenvalue weighted by atomic mass is 79.9. The SMILES string of the molecule is CC(C)c1c(N)noc1-c1ccc(Cl)cc1Br. The molecule has 5 heteroatoms. The van der Waals surface area contributed by atoms with Crippen LogP contribution in [0.25, 0.3) is 11.3 Å². The lowest BCUT2D eigenvalue weighted by atomic mass is 9.99. The molecule has 1 heterocycles. The van der Waals surface area contributed by atoms with Gasteiger partial charge in [0.2, 0.25) is 0 Å². The van der Waals surface area contributed by atoms with Gasteiger partial charge in [-0.3, -0.25) is 0 Å². The molecule has 0 saturated carbocycles. The van der Waals surface area contributed by atoms with Crippen LogP contribution in [0.4, 0.5) is 5.82 Å². The molecule has 0 aliphatic heterocycles. The summed E-state index contributed by atoms with van der Waals surface area (Å²) >= 11 is 9.37. The highest BCUT2D eigenvalue weighted by molar-refractivity contribution is 9.10. The van der Waals surface area contributed by atoms with Gasteiger partial charge in [0.1, 0.15) is 0 Å². The number of anilines is 1. The van der Waals surface area contributed by atoms with E-state index >= 15 is 0 Å². The third kappa shape index (κ3) is 2.33. The van der Waals surface area contributed by atoms with Crippen LogP contribution in [0.1, 0.15) is 25.3 Å². The highest BCUT2D eigenvalue weighted by Gasteiger charge is 2.20. The van der Waals surface area contributed by atoms with Gasteiger partial charge in [0, 0.05) is 20.6 Å². The van der Waals surface area contributed by atoms with Crippen LogP contribution in [0, 0.1) is 0 Å². The minimum atomic E-state index is 0.249. The quantitative estimate of drug-likeness (QED) is 0.890. The summed E-state index contributed by atoms with van der Waals surface area (Å²) in [6.07, 6.45) is 0. The number of aromatic nitrogens is 1. The van der Waals surface area contributed by atoms with E-state index in [9.17, 15) is 0 Å². The van der Waals surface area contributed by atoms with Crippen molar-refractivity contribution in [3.05, 3.63) is 33.3 Å². The molecular weight excluding hydrogens is 304 g/mol. The normalized spacial score (nSPS) is 11.1. The average molecular weight is 316 g/mol. The fourth-order valence-corrected chi connectivity index (χ4v) is 2.60. The van der Waals surface area contributed by atoms with E-state index in [4.69, 9.17) is 21.9 Å². The van der Waals surface area contributed by atoms with Gasteiger partial charge in [-0.2, -0.15) is 0 Å². The first-order valence-corrected chi connectivity index (χ1v) is 6.38. The number of benzene rings is 1. The summed E-state index contributed by atoms with van der Waals surface area (Å²) in [5.41, 5.74) is 7.64. The maximum Gasteiger partial charge on any atom is 0.173 e. The van der Waals surface area contributed by atoms with Crippen molar-refractivity contribution in [2.75, 3.05) is 5.73 Å². The van der Waals surface area contributed by atoms with Crippen LogP contribution in [-0.2, 0) is 0 Å². The summed E-state index contributed by atoms with van der Waals surface area (Å²) in [6.45, 7) is 4.10. The Balaban J connectivity index is 2.61. The van der Waals surface area contributed by atoms with Gasteiger partial charge in [-0.05, 0) is 40.0 Å². The Bertz CT molecular complexity index is 551. The van der Waals surface area contributed by atoms with Gasteiger partial charge in [-0.25, -0.2) is 0 Å². The average Bonchev–Trinajstić information content (AvgIpc) is 2.60. The standard InChI is InChI=1S/C12H12BrClN2O/c1-6(2)10-11(17-16-12(10)15)8-4-3-7(14)5-9(8)13/h3-6H,1-2H3,(H2,15,16). The molecule has 2 aromatic rings. The fraction of sp³-hybridized carbons (Fsp3) is 0.250. The molecule has 0 atom stereocenters. The molecule has 0 radical (unpaired) electrons. The molecule has 3 nitrogen and oxygen atoms in total. The third-order valence-corrected chi connectivity index (χ3v) is 3.40. The summed E-state index contributed by atoms with van der Waals surface area (Å²) in [6, 6.07) is 5.52. The van der Waals surface area contributed by atoms with Gasteiger partial charge in [0.25, 0.3) is 0 Å². The van der Waals surface area contributed by atoms with Crippen LogP contribution >= 0.6 is 27.5 Å². The Morgan fingerprint density at radius 2 is 2.12 bits per heavy atom. The van der Waals surface area contributed by atoms with Gasteiger partial charge in [0.15, 0.2) is 11.6 Å². The van der Waals surface area contributed by atoms with Crippen molar-refractivity contribution in [3.63, 3.8) is 0 Å². The van der Waals surface area contributed by atoms with Gasteiger partial charge in [-0.1, -0.05) is 30.6 Å². The first kappa shape index (κ1) is 12.5. The van der Waals surface area contributed by atoms with Crippen molar-refractivity contribution in [2.24, 2.45) is 0 Å². The Labute approximate surface area is 113 Å². The number of rotatable bonds is 2. The van der Waals surface area contributed by atoms with E-state index in [1.807, 2.05) is 18.2 Å². The second kappa shape index (κ2) is 4.70. The number of hydrogen-bond acceptors (Lipinski definition) is 3. The zero-order valence-corrected chi connectivity index (χ0v) is 11.8. The maximum atomic E-state index is 5.91. The van der Waals surface area contributed by atoms with Crippen molar-refractivity contribution in [3.8, 4) is 11.3 Å². The number of nitrogens with two attached hydrogens (primary N) is 1. The van der Waals surface area contributed by atoms with E-state index in [0.29, 0.717) is 16.6 Å². The lowest BCUT2D eigenvalue weighted by Crippen LogP contribution is -1.95. The van der Waals surface area contributed by atoms with Crippen LogP contribution in [-0.4, -0.2) is 5.16 Å². The first-order valence-electron chi connectivity index (χ1n) is 5.21. The van der Waals surface area contributed by atoms with E-state index in [0.717, 1.165) is 15.6 Å². The van der Waals surface area contributed by atoms with Gasteiger partial charge in [0.05, 0.1) is 0 Å². The fourth-order valence-electron chi connectivity index (χ4n) is 1.74.